The largest absolute Gasteiger partial charge is 0.326 e. The maximum Gasteiger partial charge on any atom is 0.257 e. The number of thiazole rings is 1. The third-order valence-corrected chi connectivity index (χ3v) is 4.46. The van der Waals surface area contributed by atoms with E-state index in [1.807, 2.05) is 54.8 Å². The Labute approximate surface area is 156 Å². The number of benzene rings is 2. The first-order valence-corrected chi connectivity index (χ1v) is 9.26. The van der Waals surface area contributed by atoms with Crippen LogP contribution in [0.1, 0.15) is 30.1 Å². The van der Waals surface area contributed by atoms with Crippen LogP contribution in [0.25, 0.3) is 11.3 Å². The van der Waals surface area contributed by atoms with Crippen molar-refractivity contribution in [3.05, 3.63) is 65.5 Å². The minimum absolute atomic E-state index is 0.0137. The zero-order chi connectivity index (χ0) is 18.4. The van der Waals surface area contributed by atoms with Crippen molar-refractivity contribution < 1.29 is 9.59 Å². The molecular formula is C20H19N3O2S. The Bertz CT molecular complexity index is 889. The third-order valence-electron chi connectivity index (χ3n) is 3.70. The van der Waals surface area contributed by atoms with E-state index in [0.29, 0.717) is 17.1 Å². The summed E-state index contributed by atoms with van der Waals surface area (Å²) in [6.07, 6.45) is 1.33. The fraction of sp³-hybridized carbons (Fsp3) is 0.150. The van der Waals surface area contributed by atoms with Crippen molar-refractivity contribution >= 4 is 34.0 Å². The van der Waals surface area contributed by atoms with E-state index in [1.165, 1.54) is 11.3 Å². The number of anilines is 2. The fourth-order valence-corrected chi connectivity index (χ4v) is 3.11. The minimum Gasteiger partial charge on any atom is -0.326 e. The summed E-state index contributed by atoms with van der Waals surface area (Å²) >= 11 is 1.38. The van der Waals surface area contributed by atoms with Gasteiger partial charge in [-0.15, -0.1) is 11.3 Å². The minimum atomic E-state index is -0.180. The summed E-state index contributed by atoms with van der Waals surface area (Å²) in [5.74, 6) is -0.166. The summed E-state index contributed by atoms with van der Waals surface area (Å²) in [4.78, 5) is 28.3. The van der Waals surface area contributed by atoms with Crippen LogP contribution in [0.5, 0.6) is 0 Å². The predicted octanol–water partition coefficient (Wildman–Crippen LogP) is 4.80. The molecule has 1 heterocycles. The highest BCUT2D eigenvalue weighted by Crippen LogP contribution is 2.26. The first kappa shape index (κ1) is 17.8. The molecule has 3 rings (SSSR count). The molecule has 26 heavy (non-hydrogen) atoms. The number of amides is 2. The van der Waals surface area contributed by atoms with Crippen molar-refractivity contribution in [2.24, 2.45) is 0 Å². The van der Waals surface area contributed by atoms with Gasteiger partial charge in [0.25, 0.3) is 5.91 Å². The van der Waals surface area contributed by atoms with Crippen LogP contribution in [0.2, 0.25) is 0 Å². The zero-order valence-electron chi connectivity index (χ0n) is 14.4. The van der Waals surface area contributed by atoms with Gasteiger partial charge in [0, 0.05) is 28.6 Å². The number of hydrogen-bond acceptors (Lipinski definition) is 4. The Hall–Kier alpha value is -2.99. The molecule has 0 fully saturated rings. The van der Waals surface area contributed by atoms with Crippen LogP contribution >= 0.6 is 11.3 Å². The highest BCUT2D eigenvalue weighted by atomic mass is 32.1. The number of nitrogens with one attached hydrogen (secondary N) is 2. The fourth-order valence-electron chi connectivity index (χ4n) is 2.40. The van der Waals surface area contributed by atoms with E-state index in [2.05, 4.69) is 15.6 Å². The van der Waals surface area contributed by atoms with Gasteiger partial charge in [-0.1, -0.05) is 37.3 Å². The van der Waals surface area contributed by atoms with Crippen molar-refractivity contribution in [3.8, 4) is 11.3 Å². The van der Waals surface area contributed by atoms with Gasteiger partial charge in [0.15, 0.2) is 5.13 Å². The van der Waals surface area contributed by atoms with E-state index in [9.17, 15) is 9.59 Å². The molecule has 0 unspecified atom stereocenters. The summed E-state index contributed by atoms with van der Waals surface area (Å²) in [5, 5.41) is 8.11. The van der Waals surface area contributed by atoms with Gasteiger partial charge in [-0.3, -0.25) is 14.9 Å². The molecule has 0 aliphatic heterocycles. The van der Waals surface area contributed by atoms with Gasteiger partial charge in [0.05, 0.1) is 5.69 Å². The number of nitrogens with zero attached hydrogens (tertiary/aromatic N) is 1. The molecule has 5 nitrogen and oxygen atoms in total. The normalized spacial score (nSPS) is 10.3. The van der Waals surface area contributed by atoms with Crippen molar-refractivity contribution in [2.45, 2.75) is 19.8 Å². The molecule has 0 spiro atoms. The van der Waals surface area contributed by atoms with Crippen LogP contribution in [0, 0.1) is 0 Å². The summed E-state index contributed by atoms with van der Waals surface area (Å²) < 4.78 is 0. The lowest BCUT2D eigenvalue weighted by atomic mass is 10.1. The molecule has 3 aromatic rings. The second-order valence-electron chi connectivity index (χ2n) is 5.73. The molecule has 0 atom stereocenters. The third kappa shape index (κ3) is 4.55. The van der Waals surface area contributed by atoms with E-state index in [0.717, 1.165) is 23.4 Å². The number of rotatable bonds is 6. The first-order chi connectivity index (χ1) is 12.7. The van der Waals surface area contributed by atoms with Crippen LogP contribution in [0.15, 0.2) is 60.0 Å². The molecule has 1 aromatic heterocycles. The van der Waals surface area contributed by atoms with Crippen LogP contribution in [0.3, 0.4) is 0 Å². The predicted molar refractivity (Wildman–Crippen MR) is 105 cm³/mol. The Morgan fingerprint density at radius 2 is 1.73 bits per heavy atom. The molecule has 0 radical (unpaired) electrons. The first-order valence-electron chi connectivity index (χ1n) is 8.38. The van der Waals surface area contributed by atoms with E-state index in [1.54, 1.807) is 12.1 Å². The number of hydrogen-bond donors (Lipinski definition) is 2. The average molecular weight is 365 g/mol. The summed E-state index contributed by atoms with van der Waals surface area (Å²) in [5.41, 5.74) is 3.07. The second kappa shape index (κ2) is 8.40. The summed E-state index contributed by atoms with van der Waals surface area (Å²) in [6, 6.07) is 16.5. The van der Waals surface area contributed by atoms with E-state index in [-0.39, 0.29) is 11.8 Å². The molecule has 0 saturated carbocycles. The molecule has 2 N–H and O–H groups in total. The number of carbonyl (C=O) groups excluding carboxylic acids is 2. The van der Waals surface area contributed by atoms with Gasteiger partial charge in [0.1, 0.15) is 0 Å². The molecule has 0 aliphatic rings. The molecule has 2 aromatic carbocycles. The summed E-state index contributed by atoms with van der Waals surface area (Å²) in [7, 11) is 0. The number of carbonyl (C=O) groups is 2. The molecular weight excluding hydrogens is 346 g/mol. The van der Waals surface area contributed by atoms with Crippen LogP contribution in [-0.4, -0.2) is 16.8 Å². The van der Waals surface area contributed by atoms with Gasteiger partial charge in [-0.05, 0) is 30.7 Å². The standard InChI is InChI=1S/C20H19N3O2S/c1-2-6-18(24)21-16-11-9-14(10-12-16)17-13-26-20(22-17)23-19(25)15-7-4-3-5-8-15/h3-5,7-13H,2,6H2,1H3,(H,21,24)(H,22,23,25). The Balaban J connectivity index is 1.66. The highest BCUT2D eigenvalue weighted by Gasteiger charge is 2.10. The topological polar surface area (TPSA) is 71.1 Å². The summed E-state index contributed by atoms with van der Waals surface area (Å²) in [6.45, 7) is 1.97. The van der Waals surface area contributed by atoms with Gasteiger partial charge in [-0.25, -0.2) is 4.98 Å². The lowest BCUT2D eigenvalue weighted by Gasteiger charge is -2.05. The Morgan fingerprint density at radius 3 is 2.42 bits per heavy atom. The molecule has 0 saturated heterocycles. The number of aromatic nitrogens is 1. The van der Waals surface area contributed by atoms with E-state index >= 15 is 0 Å². The highest BCUT2D eigenvalue weighted by molar-refractivity contribution is 7.14. The van der Waals surface area contributed by atoms with E-state index < -0.39 is 0 Å². The Kier molecular flexibility index (Phi) is 5.76. The molecule has 0 bridgehead atoms. The lowest BCUT2D eigenvalue weighted by Crippen LogP contribution is -2.11. The van der Waals surface area contributed by atoms with Gasteiger partial charge in [-0.2, -0.15) is 0 Å². The molecule has 0 aliphatic carbocycles. The van der Waals surface area contributed by atoms with Crippen molar-refractivity contribution in [1.82, 2.24) is 4.98 Å². The van der Waals surface area contributed by atoms with Crippen molar-refractivity contribution in [2.75, 3.05) is 10.6 Å². The quantitative estimate of drug-likeness (QED) is 0.659. The SMILES string of the molecule is CCCC(=O)Nc1ccc(-c2csc(NC(=O)c3ccccc3)n2)cc1. The van der Waals surface area contributed by atoms with Crippen LogP contribution in [0.4, 0.5) is 10.8 Å². The Morgan fingerprint density at radius 1 is 1.00 bits per heavy atom. The molecule has 6 heteroatoms. The zero-order valence-corrected chi connectivity index (χ0v) is 15.2. The van der Waals surface area contributed by atoms with Crippen molar-refractivity contribution in [3.63, 3.8) is 0 Å². The maximum atomic E-state index is 12.2. The van der Waals surface area contributed by atoms with Gasteiger partial charge in [0.2, 0.25) is 5.91 Å². The average Bonchev–Trinajstić information content (AvgIpc) is 3.11. The van der Waals surface area contributed by atoms with Gasteiger partial charge >= 0.3 is 0 Å². The molecule has 132 valence electrons. The lowest BCUT2D eigenvalue weighted by molar-refractivity contribution is -0.116. The van der Waals surface area contributed by atoms with Crippen LogP contribution in [-0.2, 0) is 4.79 Å². The van der Waals surface area contributed by atoms with Crippen molar-refractivity contribution in [1.29, 1.82) is 0 Å². The van der Waals surface area contributed by atoms with Crippen LogP contribution < -0.4 is 10.6 Å². The van der Waals surface area contributed by atoms with Gasteiger partial charge < -0.3 is 5.32 Å². The second-order valence-corrected chi connectivity index (χ2v) is 6.59. The molecule has 2 amide bonds. The monoisotopic (exact) mass is 365 g/mol. The maximum absolute atomic E-state index is 12.2. The van der Waals surface area contributed by atoms with E-state index in [4.69, 9.17) is 0 Å². The smallest absolute Gasteiger partial charge is 0.257 e.